The lowest BCUT2D eigenvalue weighted by Crippen LogP contribution is -2.35. The lowest BCUT2D eigenvalue weighted by atomic mass is 9.97. The van der Waals surface area contributed by atoms with Crippen molar-refractivity contribution in [2.45, 2.75) is 19.0 Å². The minimum Gasteiger partial charge on any atom is -0.324 e. The Labute approximate surface area is 124 Å². The molecule has 1 atom stereocenters. The summed E-state index contributed by atoms with van der Waals surface area (Å²) < 4.78 is 0. The first-order valence-electron chi connectivity index (χ1n) is 7.08. The number of nitrogens with zero attached hydrogens (tertiary/aromatic N) is 1. The molecule has 4 nitrogen and oxygen atoms in total. The molecule has 4 heteroatoms. The quantitative estimate of drug-likeness (QED) is 0.908. The van der Waals surface area contributed by atoms with Crippen molar-refractivity contribution in [3.05, 3.63) is 65.2 Å². The molecule has 0 spiro atoms. The predicted molar refractivity (Wildman–Crippen MR) is 84.0 cm³/mol. The molecule has 0 radical (unpaired) electrons. The molecule has 108 valence electrons. The first-order chi connectivity index (χ1) is 10.1. The number of rotatable bonds is 3. The molecule has 3 rings (SSSR count). The molecule has 0 saturated heterocycles. The number of benzene rings is 2. The summed E-state index contributed by atoms with van der Waals surface area (Å²) in [5.74, 6) is 0. The number of nitrogens with two attached hydrogens (primary N) is 1. The number of fused-ring (bicyclic) bond motifs is 1. The number of hydrogen-bond donors (Lipinski definition) is 2. The van der Waals surface area contributed by atoms with Crippen LogP contribution in [0.1, 0.15) is 22.7 Å². The molecule has 2 aromatic carbocycles. The molecule has 21 heavy (non-hydrogen) atoms. The molecule has 1 aliphatic heterocycles. The van der Waals surface area contributed by atoms with Crippen LogP contribution < -0.4 is 11.1 Å². The Balaban J connectivity index is 1.80. The van der Waals surface area contributed by atoms with Gasteiger partial charge in [0.15, 0.2) is 0 Å². The van der Waals surface area contributed by atoms with Gasteiger partial charge in [0.2, 0.25) is 0 Å². The van der Waals surface area contributed by atoms with E-state index in [1.807, 2.05) is 30.3 Å². The first kappa shape index (κ1) is 13.6. The van der Waals surface area contributed by atoms with E-state index in [4.69, 9.17) is 5.73 Å². The Kier molecular flexibility index (Phi) is 3.62. The molecule has 0 saturated carbocycles. The fourth-order valence-corrected chi connectivity index (χ4v) is 2.62. The number of hydrogen-bond acceptors (Lipinski definition) is 2. The summed E-state index contributed by atoms with van der Waals surface area (Å²) in [6, 6.07) is 16.2. The standard InChI is InChI=1S/C17H19N3O/c1-20-11-14-10-13(7-8-16(14)19-17(20)21)15(18)9-12-5-3-2-4-6-12/h2-8,10,15H,9,11,18H2,1H3,(H,19,21). The Bertz CT molecular complexity index is 654. The smallest absolute Gasteiger partial charge is 0.321 e. The van der Waals surface area contributed by atoms with Gasteiger partial charge in [-0.3, -0.25) is 0 Å². The van der Waals surface area contributed by atoms with E-state index in [2.05, 4.69) is 23.5 Å². The molecule has 2 amide bonds. The number of amides is 2. The molecule has 2 aromatic rings. The molecule has 1 aliphatic rings. The molecular weight excluding hydrogens is 262 g/mol. The van der Waals surface area contributed by atoms with E-state index in [1.165, 1.54) is 5.56 Å². The van der Waals surface area contributed by atoms with Crippen LogP contribution in [-0.2, 0) is 13.0 Å². The SMILES string of the molecule is CN1Cc2cc(C(N)Cc3ccccc3)ccc2NC1=O. The van der Waals surface area contributed by atoms with Crippen LogP contribution in [0.2, 0.25) is 0 Å². The second-order valence-corrected chi connectivity index (χ2v) is 5.50. The van der Waals surface area contributed by atoms with Crippen LogP contribution in [0, 0.1) is 0 Å². The zero-order chi connectivity index (χ0) is 14.8. The second kappa shape index (κ2) is 5.58. The van der Waals surface area contributed by atoms with Crippen LogP contribution >= 0.6 is 0 Å². The van der Waals surface area contributed by atoms with E-state index in [0.717, 1.165) is 23.2 Å². The maximum Gasteiger partial charge on any atom is 0.321 e. The van der Waals surface area contributed by atoms with E-state index >= 15 is 0 Å². The van der Waals surface area contributed by atoms with Crippen molar-refractivity contribution in [1.82, 2.24) is 4.90 Å². The molecule has 1 unspecified atom stereocenters. The largest absolute Gasteiger partial charge is 0.324 e. The zero-order valence-corrected chi connectivity index (χ0v) is 12.0. The van der Waals surface area contributed by atoms with E-state index in [1.54, 1.807) is 11.9 Å². The monoisotopic (exact) mass is 281 g/mol. The third kappa shape index (κ3) is 2.90. The average molecular weight is 281 g/mol. The van der Waals surface area contributed by atoms with Crippen LogP contribution in [-0.4, -0.2) is 18.0 Å². The predicted octanol–water partition coefficient (Wildman–Crippen LogP) is 2.91. The van der Waals surface area contributed by atoms with Crippen molar-refractivity contribution in [2.75, 3.05) is 12.4 Å². The number of carbonyl (C=O) groups excluding carboxylic acids is 1. The van der Waals surface area contributed by atoms with E-state index in [9.17, 15) is 4.79 Å². The Morgan fingerprint density at radius 3 is 2.76 bits per heavy atom. The van der Waals surface area contributed by atoms with Gasteiger partial charge in [-0.25, -0.2) is 4.79 Å². The molecule has 0 aromatic heterocycles. The molecular formula is C17H19N3O. The molecule has 3 N–H and O–H groups in total. The third-order valence-electron chi connectivity index (χ3n) is 3.85. The minimum atomic E-state index is -0.0659. The van der Waals surface area contributed by atoms with Crippen LogP contribution in [0.25, 0.3) is 0 Å². The summed E-state index contributed by atoms with van der Waals surface area (Å²) in [5.41, 5.74) is 10.6. The van der Waals surface area contributed by atoms with E-state index in [-0.39, 0.29) is 12.1 Å². The van der Waals surface area contributed by atoms with Gasteiger partial charge in [0.1, 0.15) is 0 Å². The van der Waals surface area contributed by atoms with Gasteiger partial charge >= 0.3 is 6.03 Å². The number of nitrogens with one attached hydrogen (secondary N) is 1. The van der Waals surface area contributed by atoms with Crippen molar-refractivity contribution < 1.29 is 4.79 Å². The van der Waals surface area contributed by atoms with Gasteiger partial charge in [0.05, 0.1) is 0 Å². The molecule has 0 aliphatic carbocycles. The molecule has 0 bridgehead atoms. The Hall–Kier alpha value is -2.33. The van der Waals surface area contributed by atoms with Gasteiger partial charge in [0, 0.05) is 25.3 Å². The molecule has 0 fully saturated rings. The van der Waals surface area contributed by atoms with Gasteiger partial charge in [-0.05, 0) is 29.2 Å². The van der Waals surface area contributed by atoms with Crippen LogP contribution in [0.5, 0.6) is 0 Å². The van der Waals surface area contributed by atoms with Gasteiger partial charge in [-0.1, -0.05) is 42.5 Å². The van der Waals surface area contributed by atoms with Crippen molar-refractivity contribution >= 4 is 11.7 Å². The highest BCUT2D eigenvalue weighted by atomic mass is 16.2. The zero-order valence-electron chi connectivity index (χ0n) is 12.0. The van der Waals surface area contributed by atoms with E-state index < -0.39 is 0 Å². The van der Waals surface area contributed by atoms with Crippen molar-refractivity contribution in [2.24, 2.45) is 5.73 Å². The van der Waals surface area contributed by atoms with E-state index in [0.29, 0.717) is 6.54 Å². The fourth-order valence-electron chi connectivity index (χ4n) is 2.62. The fraction of sp³-hybridized carbons (Fsp3) is 0.235. The average Bonchev–Trinajstić information content (AvgIpc) is 2.49. The third-order valence-corrected chi connectivity index (χ3v) is 3.85. The van der Waals surface area contributed by atoms with Crippen molar-refractivity contribution in [3.63, 3.8) is 0 Å². The maximum atomic E-state index is 11.6. The number of anilines is 1. The minimum absolute atomic E-state index is 0.0411. The Morgan fingerprint density at radius 1 is 1.24 bits per heavy atom. The second-order valence-electron chi connectivity index (χ2n) is 5.50. The normalized spacial score (nSPS) is 15.3. The highest BCUT2D eigenvalue weighted by Crippen LogP contribution is 2.26. The topological polar surface area (TPSA) is 58.4 Å². The summed E-state index contributed by atoms with van der Waals surface area (Å²) in [7, 11) is 1.79. The lowest BCUT2D eigenvalue weighted by molar-refractivity contribution is 0.218. The maximum absolute atomic E-state index is 11.6. The summed E-state index contributed by atoms with van der Waals surface area (Å²) in [6.07, 6.45) is 0.807. The molecule has 1 heterocycles. The number of urea groups is 1. The summed E-state index contributed by atoms with van der Waals surface area (Å²) >= 11 is 0. The van der Waals surface area contributed by atoms with Gasteiger partial charge in [-0.2, -0.15) is 0 Å². The highest BCUT2D eigenvalue weighted by Gasteiger charge is 2.20. The van der Waals surface area contributed by atoms with Crippen LogP contribution in [0.3, 0.4) is 0 Å². The number of carbonyl (C=O) groups is 1. The van der Waals surface area contributed by atoms with Crippen LogP contribution in [0.4, 0.5) is 10.5 Å². The van der Waals surface area contributed by atoms with Crippen LogP contribution in [0.15, 0.2) is 48.5 Å². The Morgan fingerprint density at radius 2 is 2.00 bits per heavy atom. The van der Waals surface area contributed by atoms with Gasteiger partial charge in [0.25, 0.3) is 0 Å². The van der Waals surface area contributed by atoms with Crippen molar-refractivity contribution in [3.8, 4) is 0 Å². The van der Waals surface area contributed by atoms with Gasteiger partial charge in [-0.15, -0.1) is 0 Å². The van der Waals surface area contributed by atoms with Crippen molar-refractivity contribution in [1.29, 1.82) is 0 Å². The summed E-state index contributed by atoms with van der Waals surface area (Å²) in [5, 5.41) is 2.87. The van der Waals surface area contributed by atoms with Gasteiger partial charge < -0.3 is 16.0 Å². The summed E-state index contributed by atoms with van der Waals surface area (Å²) in [4.78, 5) is 13.3. The first-order valence-corrected chi connectivity index (χ1v) is 7.08. The highest BCUT2D eigenvalue weighted by molar-refractivity contribution is 5.92. The lowest BCUT2D eigenvalue weighted by Gasteiger charge is -2.27. The summed E-state index contributed by atoms with van der Waals surface area (Å²) in [6.45, 7) is 0.618.